The molecule has 0 aromatic heterocycles. The lowest BCUT2D eigenvalue weighted by Crippen LogP contribution is -2.32. The van der Waals surface area contributed by atoms with E-state index in [2.05, 4.69) is 19.2 Å². The second-order valence-corrected chi connectivity index (χ2v) is 4.35. The van der Waals surface area contributed by atoms with Crippen LogP contribution in [0.5, 0.6) is 11.5 Å². The van der Waals surface area contributed by atoms with Crippen LogP contribution in [-0.2, 0) is 4.74 Å². The Bertz CT molecular complexity index is 368. The number of hydrogen-bond donors (Lipinski definition) is 1. The molecule has 0 saturated heterocycles. The smallest absolute Gasteiger partial charge is 0.127 e. The molecule has 0 amide bonds. The molecule has 0 aliphatic carbocycles. The molecule has 2 unspecified atom stereocenters. The van der Waals surface area contributed by atoms with Crippen molar-refractivity contribution in [3.8, 4) is 11.5 Å². The number of rotatable bonds is 7. The van der Waals surface area contributed by atoms with Gasteiger partial charge in [0.05, 0.1) is 20.8 Å². The molecule has 0 aliphatic heterocycles. The van der Waals surface area contributed by atoms with E-state index in [9.17, 15) is 0 Å². The summed E-state index contributed by atoms with van der Waals surface area (Å²) in [4.78, 5) is 0. The van der Waals surface area contributed by atoms with Crippen LogP contribution in [0.15, 0.2) is 18.2 Å². The van der Waals surface area contributed by atoms with Crippen LogP contribution in [0.3, 0.4) is 0 Å². The normalized spacial score (nSPS) is 14.1. The molecule has 1 aromatic carbocycles. The van der Waals surface area contributed by atoms with E-state index >= 15 is 0 Å². The van der Waals surface area contributed by atoms with Crippen molar-refractivity contribution in [2.75, 3.05) is 27.9 Å². The van der Waals surface area contributed by atoms with Gasteiger partial charge in [-0.3, -0.25) is 0 Å². The van der Waals surface area contributed by atoms with E-state index < -0.39 is 0 Å². The summed E-state index contributed by atoms with van der Waals surface area (Å²) in [6.07, 6.45) is 0. The van der Waals surface area contributed by atoms with Gasteiger partial charge >= 0.3 is 0 Å². The Morgan fingerprint density at radius 2 is 1.83 bits per heavy atom. The minimum Gasteiger partial charge on any atom is -0.497 e. The first-order valence-corrected chi connectivity index (χ1v) is 6.09. The van der Waals surface area contributed by atoms with Gasteiger partial charge in [-0.25, -0.2) is 0 Å². The van der Waals surface area contributed by atoms with Crippen molar-refractivity contribution in [2.24, 2.45) is 0 Å². The fraction of sp³-hybridized carbons (Fsp3) is 0.571. The van der Waals surface area contributed by atoms with Gasteiger partial charge in [0.15, 0.2) is 0 Å². The number of hydrogen-bond acceptors (Lipinski definition) is 4. The molecule has 0 saturated carbocycles. The summed E-state index contributed by atoms with van der Waals surface area (Å²) in [5.74, 6) is 1.63. The molecule has 0 spiro atoms. The summed E-state index contributed by atoms with van der Waals surface area (Å²) in [5.41, 5.74) is 1.11. The van der Waals surface area contributed by atoms with Gasteiger partial charge in [0, 0.05) is 30.8 Å². The van der Waals surface area contributed by atoms with Crippen molar-refractivity contribution in [2.45, 2.75) is 25.9 Å². The molecule has 0 radical (unpaired) electrons. The van der Waals surface area contributed by atoms with E-state index in [0.717, 1.165) is 17.1 Å². The van der Waals surface area contributed by atoms with Crippen LogP contribution >= 0.6 is 0 Å². The van der Waals surface area contributed by atoms with E-state index in [-0.39, 0.29) is 12.1 Å². The van der Waals surface area contributed by atoms with Crippen molar-refractivity contribution >= 4 is 0 Å². The first-order valence-electron chi connectivity index (χ1n) is 6.09. The van der Waals surface area contributed by atoms with Crippen molar-refractivity contribution in [3.05, 3.63) is 23.8 Å². The van der Waals surface area contributed by atoms with Gasteiger partial charge in [0.2, 0.25) is 0 Å². The second-order valence-electron chi connectivity index (χ2n) is 4.35. The predicted molar refractivity (Wildman–Crippen MR) is 72.4 cm³/mol. The molecule has 0 bridgehead atoms. The van der Waals surface area contributed by atoms with Crippen molar-refractivity contribution in [3.63, 3.8) is 0 Å². The molecule has 18 heavy (non-hydrogen) atoms. The van der Waals surface area contributed by atoms with Gasteiger partial charge in [-0.15, -0.1) is 0 Å². The topological polar surface area (TPSA) is 39.7 Å². The Morgan fingerprint density at radius 3 is 2.39 bits per heavy atom. The van der Waals surface area contributed by atoms with Gasteiger partial charge < -0.3 is 19.5 Å². The quantitative estimate of drug-likeness (QED) is 0.810. The maximum atomic E-state index is 5.40. The van der Waals surface area contributed by atoms with Crippen molar-refractivity contribution < 1.29 is 14.2 Å². The van der Waals surface area contributed by atoms with Gasteiger partial charge in [-0.2, -0.15) is 0 Å². The molecule has 102 valence electrons. The third-order valence-electron chi connectivity index (χ3n) is 2.86. The van der Waals surface area contributed by atoms with Crippen molar-refractivity contribution in [1.82, 2.24) is 5.32 Å². The fourth-order valence-corrected chi connectivity index (χ4v) is 1.99. The summed E-state index contributed by atoms with van der Waals surface area (Å²) in [6, 6.07) is 6.34. The third kappa shape index (κ3) is 3.89. The molecule has 1 N–H and O–H groups in total. The van der Waals surface area contributed by atoms with Crippen molar-refractivity contribution in [1.29, 1.82) is 0 Å². The maximum absolute atomic E-state index is 5.40. The van der Waals surface area contributed by atoms with E-state index in [1.165, 1.54) is 0 Å². The van der Waals surface area contributed by atoms with Gasteiger partial charge in [-0.1, -0.05) is 6.07 Å². The van der Waals surface area contributed by atoms with E-state index in [1.807, 2.05) is 18.2 Å². The lowest BCUT2D eigenvalue weighted by molar-refractivity contribution is 0.167. The number of ether oxygens (including phenoxy) is 3. The Balaban J connectivity index is 2.81. The Kier molecular flexibility index (Phi) is 5.95. The lowest BCUT2D eigenvalue weighted by atomic mass is 10.1. The summed E-state index contributed by atoms with van der Waals surface area (Å²) in [5, 5.41) is 3.46. The number of nitrogens with one attached hydrogen (secondary N) is 1. The summed E-state index contributed by atoms with van der Waals surface area (Å²) >= 11 is 0. The Hall–Kier alpha value is -1.26. The van der Waals surface area contributed by atoms with Crippen LogP contribution in [0.1, 0.15) is 25.5 Å². The first-order chi connectivity index (χ1) is 8.62. The zero-order chi connectivity index (χ0) is 13.5. The first kappa shape index (κ1) is 14.8. The Labute approximate surface area is 109 Å². The molecule has 4 heteroatoms. The van der Waals surface area contributed by atoms with E-state index in [4.69, 9.17) is 14.2 Å². The lowest BCUT2D eigenvalue weighted by Gasteiger charge is -2.21. The van der Waals surface area contributed by atoms with Crippen LogP contribution in [0.4, 0.5) is 0 Å². The molecule has 2 atom stereocenters. The fourth-order valence-electron chi connectivity index (χ4n) is 1.99. The van der Waals surface area contributed by atoms with Crippen LogP contribution in [0, 0.1) is 0 Å². The average molecular weight is 253 g/mol. The highest BCUT2D eigenvalue weighted by atomic mass is 16.5. The highest BCUT2D eigenvalue weighted by Gasteiger charge is 2.14. The molecule has 4 nitrogen and oxygen atoms in total. The standard InChI is InChI=1S/C14H23NO3/c1-10(9-16-3)15-11(2)13-7-6-12(17-4)8-14(13)18-5/h6-8,10-11,15H,9H2,1-5H3. The zero-order valence-corrected chi connectivity index (χ0v) is 11.8. The monoisotopic (exact) mass is 253 g/mol. The van der Waals surface area contributed by atoms with Gasteiger partial charge in [0.1, 0.15) is 11.5 Å². The highest BCUT2D eigenvalue weighted by Crippen LogP contribution is 2.29. The second kappa shape index (κ2) is 7.24. The molecule has 1 aromatic rings. The molecular weight excluding hydrogens is 230 g/mol. The maximum Gasteiger partial charge on any atom is 0.127 e. The largest absolute Gasteiger partial charge is 0.497 e. The molecule has 0 aliphatic rings. The number of methoxy groups -OCH3 is 3. The number of benzene rings is 1. The average Bonchev–Trinajstić information content (AvgIpc) is 2.38. The SMILES string of the molecule is COCC(C)NC(C)c1ccc(OC)cc1OC. The van der Waals surface area contributed by atoms with Crippen LogP contribution in [-0.4, -0.2) is 34.0 Å². The molecule has 0 fully saturated rings. The van der Waals surface area contributed by atoms with Crippen LogP contribution in [0.2, 0.25) is 0 Å². The van der Waals surface area contributed by atoms with Crippen LogP contribution in [0.25, 0.3) is 0 Å². The molecular formula is C14H23NO3. The minimum atomic E-state index is 0.191. The van der Waals surface area contributed by atoms with Gasteiger partial charge in [-0.05, 0) is 19.9 Å². The molecule has 0 heterocycles. The predicted octanol–water partition coefficient (Wildman–Crippen LogP) is 2.39. The van der Waals surface area contributed by atoms with E-state index in [1.54, 1.807) is 21.3 Å². The van der Waals surface area contributed by atoms with Gasteiger partial charge in [0.25, 0.3) is 0 Å². The third-order valence-corrected chi connectivity index (χ3v) is 2.86. The zero-order valence-electron chi connectivity index (χ0n) is 11.8. The summed E-state index contributed by atoms with van der Waals surface area (Å²) in [7, 11) is 5.02. The summed E-state index contributed by atoms with van der Waals surface area (Å²) in [6.45, 7) is 4.88. The van der Waals surface area contributed by atoms with E-state index in [0.29, 0.717) is 6.61 Å². The minimum absolute atomic E-state index is 0.191. The highest BCUT2D eigenvalue weighted by molar-refractivity contribution is 5.42. The summed E-state index contributed by atoms with van der Waals surface area (Å²) < 4.78 is 15.7. The Morgan fingerprint density at radius 1 is 1.11 bits per heavy atom. The van der Waals surface area contributed by atoms with Crippen LogP contribution < -0.4 is 14.8 Å². The molecule has 1 rings (SSSR count).